The predicted octanol–water partition coefficient (Wildman–Crippen LogP) is 23.9. The zero-order chi connectivity index (χ0) is 56.4. The van der Waals surface area contributed by atoms with Crippen molar-refractivity contribution in [1.82, 2.24) is 0 Å². The minimum Gasteiger partial charge on any atom is -0.462 e. The van der Waals surface area contributed by atoms with Gasteiger partial charge in [0.15, 0.2) is 6.10 Å². The molecule has 0 N–H and O–H groups in total. The smallest absolute Gasteiger partial charge is 0.306 e. The second kappa shape index (κ2) is 67.1. The molecule has 0 aromatic carbocycles. The van der Waals surface area contributed by atoms with Crippen molar-refractivity contribution < 1.29 is 28.6 Å². The fourth-order valence-corrected chi connectivity index (χ4v) is 10.6. The first-order chi connectivity index (χ1) is 38.5. The van der Waals surface area contributed by atoms with E-state index in [4.69, 9.17) is 14.2 Å². The van der Waals surface area contributed by atoms with E-state index >= 15 is 0 Å². The number of unbranched alkanes of at least 4 members (excludes halogenated alkanes) is 48. The molecule has 0 aromatic rings. The van der Waals surface area contributed by atoms with Crippen LogP contribution in [0.15, 0.2) is 36.5 Å². The van der Waals surface area contributed by atoms with Crippen molar-refractivity contribution in [2.75, 3.05) is 13.2 Å². The number of carbonyl (C=O) groups is 3. The maximum Gasteiger partial charge on any atom is 0.306 e. The van der Waals surface area contributed by atoms with Crippen molar-refractivity contribution >= 4 is 17.9 Å². The zero-order valence-electron chi connectivity index (χ0n) is 52.7. The Hall–Kier alpha value is -2.37. The molecule has 0 aliphatic rings. The number of esters is 3. The van der Waals surface area contributed by atoms with E-state index in [1.807, 2.05) is 0 Å². The number of hydrogen-bond acceptors (Lipinski definition) is 6. The van der Waals surface area contributed by atoms with Gasteiger partial charge in [0, 0.05) is 19.3 Å². The van der Waals surface area contributed by atoms with E-state index < -0.39 is 6.10 Å². The van der Waals surface area contributed by atoms with Gasteiger partial charge in [0.2, 0.25) is 0 Å². The summed E-state index contributed by atoms with van der Waals surface area (Å²) >= 11 is 0. The Morgan fingerprint density at radius 1 is 0.256 bits per heavy atom. The van der Waals surface area contributed by atoms with E-state index in [1.54, 1.807) is 0 Å². The van der Waals surface area contributed by atoms with E-state index in [2.05, 4.69) is 57.2 Å². The Morgan fingerprint density at radius 2 is 0.462 bits per heavy atom. The molecule has 0 rings (SSSR count). The highest BCUT2D eigenvalue weighted by molar-refractivity contribution is 5.71. The fourth-order valence-electron chi connectivity index (χ4n) is 10.6. The topological polar surface area (TPSA) is 78.9 Å². The van der Waals surface area contributed by atoms with Crippen LogP contribution in [0.5, 0.6) is 0 Å². The van der Waals surface area contributed by atoms with Gasteiger partial charge in [-0.25, -0.2) is 0 Å². The molecular formula is C72H134O6. The van der Waals surface area contributed by atoms with Gasteiger partial charge in [0.05, 0.1) is 0 Å². The van der Waals surface area contributed by atoms with Crippen LogP contribution in [-0.2, 0) is 28.6 Å². The summed E-state index contributed by atoms with van der Waals surface area (Å²) in [5.74, 6) is -0.849. The minimum atomic E-state index is -0.774. The normalized spacial score (nSPS) is 12.2. The van der Waals surface area contributed by atoms with Gasteiger partial charge in [-0.1, -0.05) is 327 Å². The second-order valence-corrected chi connectivity index (χ2v) is 23.8. The number of rotatable bonds is 65. The van der Waals surface area contributed by atoms with Crippen LogP contribution in [0.4, 0.5) is 0 Å². The lowest BCUT2D eigenvalue weighted by atomic mass is 10.0. The SMILES string of the molecule is CCCCCC/C=C\C/C=C\CCCCCCCCCC(=O)OC(COC(=O)CCCCCCCCCCCCCCCCC)COC(=O)CCCCCCCCCCCCCCCCC/C=C\CCCCCCCCCC. The average molecular weight is 1100 g/mol. The number of hydrogen-bond donors (Lipinski definition) is 0. The molecular weight excluding hydrogens is 961 g/mol. The van der Waals surface area contributed by atoms with Gasteiger partial charge >= 0.3 is 17.9 Å². The van der Waals surface area contributed by atoms with Gasteiger partial charge in [0.1, 0.15) is 13.2 Å². The molecule has 1 atom stereocenters. The van der Waals surface area contributed by atoms with Crippen molar-refractivity contribution in [3.05, 3.63) is 36.5 Å². The summed E-state index contributed by atoms with van der Waals surface area (Å²) in [5.41, 5.74) is 0. The molecule has 0 aliphatic carbocycles. The summed E-state index contributed by atoms with van der Waals surface area (Å²) in [7, 11) is 0. The Bertz CT molecular complexity index is 1300. The maximum absolute atomic E-state index is 12.9. The summed E-state index contributed by atoms with van der Waals surface area (Å²) in [6.45, 7) is 6.69. The molecule has 0 saturated carbocycles. The fraction of sp³-hybridized carbons (Fsp3) is 0.875. The van der Waals surface area contributed by atoms with Gasteiger partial charge in [-0.2, -0.15) is 0 Å². The van der Waals surface area contributed by atoms with Crippen LogP contribution in [0.2, 0.25) is 0 Å². The first kappa shape index (κ1) is 75.6. The van der Waals surface area contributed by atoms with Crippen LogP contribution in [0.3, 0.4) is 0 Å². The van der Waals surface area contributed by atoms with Crippen molar-refractivity contribution in [1.29, 1.82) is 0 Å². The number of ether oxygens (including phenoxy) is 3. The molecule has 0 fully saturated rings. The Labute approximate surface area is 486 Å². The van der Waals surface area contributed by atoms with Crippen LogP contribution in [0.25, 0.3) is 0 Å². The van der Waals surface area contributed by atoms with E-state index in [0.29, 0.717) is 19.3 Å². The van der Waals surface area contributed by atoms with E-state index in [9.17, 15) is 14.4 Å². The van der Waals surface area contributed by atoms with E-state index in [-0.39, 0.29) is 31.1 Å². The Morgan fingerprint density at radius 3 is 0.731 bits per heavy atom. The molecule has 0 aliphatic heterocycles. The van der Waals surface area contributed by atoms with Crippen LogP contribution in [0, 0.1) is 0 Å². The largest absolute Gasteiger partial charge is 0.462 e. The van der Waals surface area contributed by atoms with E-state index in [0.717, 1.165) is 70.6 Å². The van der Waals surface area contributed by atoms with Crippen LogP contribution < -0.4 is 0 Å². The van der Waals surface area contributed by atoms with Gasteiger partial charge in [-0.3, -0.25) is 14.4 Å². The van der Waals surface area contributed by atoms with Gasteiger partial charge in [0.25, 0.3) is 0 Å². The Kier molecular flexibility index (Phi) is 65.1. The third-order valence-corrected chi connectivity index (χ3v) is 15.9. The quantitative estimate of drug-likeness (QED) is 0.0261. The highest BCUT2D eigenvalue weighted by Crippen LogP contribution is 2.18. The zero-order valence-corrected chi connectivity index (χ0v) is 52.7. The molecule has 0 amide bonds. The molecule has 0 saturated heterocycles. The van der Waals surface area contributed by atoms with Crippen molar-refractivity contribution in [3.63, 3.8) is 0 Å². The van der Waals surface area contributed by atoms with Crippen molar-refractivity contribution in [2.45, 2.75) is 393 Å². The lowest BCUT2D eigenvalue weighted by Crippen LogP contribution is -2.30. The average Bonchev–Trinajstić information content (AvgIpc) is 3.44. The van der Waals surface area contributed by atoms with Crippen LogP contribution in [-0.4, -0.2) is 37.2 Å². The maximum atomic E-state index is 12.9. The molecule has 0 heterocycles. The molecule has 6 heteroatoms. The molecule has 78 heavy (non-hydrogen) atoms. The standard InChI is InChI=1S/C72H134O6/c1-4-7-10-13-16-19-22-25-28-30-32-33-34-35-36-37-38-39-40-42-44-47-50-53-56-59-62-65-71(74)77-68-69(67-76-70(73)64-61-58-55-52-49-46-43-27-24-21-18-15-12-9-6-3)78-72(75)66-63-60-57-54-51-48-45-41-31-29-26-23-20-17-14-11-8-5-2/h20,23,29-32,69H,4-19,21-22,24-28,33-68H2,1-3H3/b23-20-,31-29-,32-30-. The summed E-state index contributed by atoms with van der Waals surface area (Å²) in [6, 6.07) is 0. The minimum absolute atomic E-state index is 0.0701. The van der Waals surface area contributed by atoms with Gasteiger partial charge in [-0.05, 0) is 77.0 Å². The monoisotopic (exact) mass is 1100 g/mol. The summed E-state index contributed by atoms with van der Waals surface area (Å²) < 4.78 is 17.0. The molecule has 0 radical (unpaired) electrons. The summed E-state index contributed by atoms with van der Waals surface area (Å²) in [5, 5.41) is 0. The third-order valence-electron chi connectivity index (χ3n) is 15.9. The van der Waals surface area contributed by atoms with Gasteiger partial charge < -0.3 is 14.2 Å². The number of carbonyl (C=O) groups excluding carboxylic acids is 3. The summed E-state index contributed by atoms with van der Waals surface area (Å²) in [4.78, 5) is 38.4. The molecule has 1 unspecified atom stereocenters. The highest BCUT2D eigenvalue weighted by Gasteiger charge is 2.19. The Balaban J connectivity index is 4.24. The van der Waals surface area contributed by atoms with Crippen molar-refractivity contribution in [3.8, 4) is 0 Å². The lowest BCUT2D eigenvalue weighted by molar-refractivity contribution is -0.167. The van der Waals surface area contributed by atoms with Gasteiger partial charge in [-0.15, -0.1) is 0 Å². The highest BCUT2D eigenvalue weighted by atomic mass is 16.6. The first-order valence-corrected chi connectivity index (χ1v) is 35.0. The second-order valence-electron chi connectivity index (χ2n) is 23.8. The van der Waals surface area contributed by atoms with Crippen molar-refractivity contribution in [2.24, 2.45) is 0 Å². The third kappa shape index (κ3) is 64.5. The molecule has 0 bridgehead atoms. The molecule has 458 valence electrons. The molecule has 6 nitrogen and oxygen atoms in total. The first-order valence-electron chi connectivity index (χ1n) is 35.0. The van der Waals surface area contributed by atoms with Crippen LogP contribution in [0.1, 0.15) is 387 Å². The molecule has 0 spiro atoms. The summed E-state index contributed by atoms with van der Waals surface area (Å²) in [6.07, 6.45) is 83.1. The van der Waals surface area contributed by atoms with Crippen LogP contribution >= 0.6 is 0 Å². The predicted molar refractivity (Wildman–Crippen MR) is 339 cm³/mol. The molecule has 0 aromatic heterocycles. The number of allylic oxidation sites excluding steroid dienone is 6. The lowest BCUT2D eigenvalue weighted by Gasteiger charge is -2.18. The van der Waals surface area contributed by atoms with E-state index in [1.165, 1.54) is 276 Å².